The van der Waals surface area contributed by atoms with E-state index in [2.05, 4.69) is 4.98 Å². The fourth-order valence-corrected chi connectivity index (χ4v) is 3.28. The molecule has 0 saturated heterocycles. The molecule has 1 N–H and O–H groups in total. The number of thiazole rings is 1. The monoisotopic (exact) mass is 306 g/mol. The molecule has 0 aliphatic carbocycles. The van der Waals surface area contributed by atoms with Gasteiger partial charge in [-0.2, -0.15) is 0 Å². The van der Waals surface area contributed by atoms with Crippen LogP contribution in [0.1, 0.15) is 11.4 Å². The van der Waals surface area contributed by atoms with Gasteiger partial charge in [0.25, 0.3) is 0 Å². The molecule has 0 bridgehead atoms. The molecule has 102 valence electrons. The van der Waals surface area contributed by atoms with E-state index in [0.29, 0.717) is 5.02 Å². The smallest absolute Gasteiger partial charge is 0.309 e. The predicted octanol–water partition coefficient (Wildman–Crippen LogP) is 3.65. The largest absolute Gasteiger partial charge is 0.481 e. The molecule has 20 heavy (non-hydrogen) atoms. The number of carboxylic acid groups (broad SMARTS) is 1. The lowest BCUT2D eigenvalue weighted by molar-refractivity contribution is -0.136. The predicted molar refractivity (Wildman–Crippen MR) is 79.6 cm³/mol. The summed E-state index contributed by atoms with van der Waals surface area (Å²) in [6, 6.07) is 7.48. The first-order chi connectivity index (χ1) is 9.56. The molecule has 3 aromatic rings. The number of halogens is 1. The maximum atomic E-state index is 11.0. The third-order valence-electron chi connectivity index (χ3n) is 3.12. The van der Waals surface area contributed by atoms with Crippen molar-refractivity contribution in [3.05, 3.63) is 46.1 Å². The summed E-state index contributed by atoms with van der Waals surface area (Å²) in [5.74, 6) is -0.858. The van der Waals surface area contributed by atoms with Gasteiger partial charge in [0.15, 0.2) is 4.96 Å². The zero-order valence-electron chi connectivity index (χ0n) is 10.6. The second-order valence-electron chi connectivity index (χ2n) is 4.46. The number of nitrogens with zero attached hydrogens (tertiary/aromatic N) is 2. The van der Waals surface area contributed by atoms with Gasteiger partial charge in [0.2, 0.25) is 0 Å². The van der Waals surface area contributed by atoms with E-state index in [4.69, 9.17) is 16.7 Å². The Balaban J connectivity index is 2.21. The summed E-state index contributed by atoms with van der Waals surface area (Å²) in [7, 11) is 0. The second kappa shape index (κ2) is 4.92. The van der Waals surface area contributed by atoms with Crippen LogP contribution in [0.2, 0.25) is 5.02 Å². The summed E-state index contributed by atoms with van der Waals surface area (Å²) in [4.78, 5) is 16.3. The van der Waals surface area contributed by atoms with Crippen molar-refractivity contribution in [3.63, 3.8) is 0 Å². The summed E-state index contributed by atoms with van der Waals surface area (Å²) >= 11 is 7.40. The van der Waals surface area contributed by atoms with E-state index < -0.39 is 5.97 Å². The molecule has 4 nitrogen and oxygen atoms in total. The zero-order chi connectivity index (χ0) is 14.3. The Morgan fingerprint density at radius 1 is 1.40 bits per heavy atom. The molecule has 0 atom stereocenters. The van der Waals surface area contributed by atoms with Gasteiger partial charge in [-0.1, -0.05) is 23.7 Å². The number of carbonyl (C=O) groups is 1. The van der Waals surface area contributed by atoms with E-state index in [1.807, 2.05) is 41.0 Å². The zero-order valence-corrected chi connectivity index (χ0v) is 12.2. The molecule has 0 spiro atoms. The van der Waals surface area contributed by atoms with E-state index >= 15 is 0 Å². The van der Waals surface area contributed by atoms with E-state index in [9.17, 15) is 4.79 Å². The quantitative estimate of drug-likeness (QED) is 0.803. The van der Waals surface area contributed by atoms with Crippen molar-refractivity contribution in [2.45, 2.75) is 13.3 Å². The molecule has 0 unspecified atom stereocenters. The van der Waals surface area contributed by atoms with Gasteiger partial charge in [0, 0.05) is 10.4 Å². The van der Waals surface area contributed by atoms with Crippen LogP contribution in [0.4, 0.5) is 0 Å². The Bertz CT molecular complexity index is 789. The van der Waals surface area contributed by atoms with Crippen molar-refractivity contribution >= 4 is 33.9 Å². The summed E-state index contributed by atoms with van der Waals surface area (Å²) < 4.78 is 1.91. The third kappa shape index (κ3) is 2.19. The van der Waals surface area contributed by atoms with E-state index in [-0.39, 0.29) is 6.42 Å². The molecule has 0 amide bonds. The van der Waals surface area contributed by atoms with Crippen molar-refractivity contribution in [1.82, 2.24) is 9.38 Å². The van der Waals surface area contributed by atoms with Crippen LogP contribution in [0, 0.1) is 6.92 Å². The van der Waals surface area contributed by atoms with Crippen LogP contribution in [0.5, 0.6) is 0 Å². The number of aliphatic carboxylic acids is 1. The summed E-state index contributed by atoms with van der Waals surface area (Å²) in [5.41, 5.74) is 3.41. The molecule has 3 rings (SSSR count). The van der Waals surface area contributed by atoms with Gasteiger partial charge in [-0.25, -0.2) is 4.98 Å². The Morgan fingerprint density at radius 2 is 2.10 bits per heavy atom. The highest BCUT2D eigenvalue weighted by Gasteiger charge is 2.17. The van der Waals surface area contributed by atoms with Crippen LogP contribution in [0.3, 0.4) is 0 Å². The van der Waals surface area contributed by atoms with E-state index in [0.717, 1.165) is 27.6 Å². The SMILES string of the molecule is Cc1nc2scc(-c3ccc(Cl)cc3)n2c1CC(=O)O. The van der Waals surface area contributed by atoms with Crippen molar-refractivity contribution < 1.29 is 9.90 Å². The Kier molecular flexibility index (Phi) is 3.23. The fraction of sp³-hybridized carbons (Fsp3) is 0.143. The lowest BCUT2D eigenvalue weighted by Crippen LogP contribution is -2.05. The maximum Gasteiger partial charge on any atom is 0.309 e. The summed E-state index contributed by atoms with van der Waals surface area (Å²) in [5, 5.41) is 11.7. The van der Waals surface area contributed by atoms with Crippen molar-refractivity contribution in [2.24, 2.45) is 0 Å². The molecule has 2 aromatic heterocycles. The molecule has 0 fully saturated rings. The highest BCUT2D eigenvalue weighted by molar-refractivity contribution is 7.15. The molecule has 0 aliphatic rings. The molecule has 1 aromatic carbocycles. The van der Waals surface area contributed by atoms with Crippen molar-refractivity contribution in [2.75, 3.05) is 0 Å². The number of imidazole rings is 1. The van der Waals surface area contributed by atoms with Crippen LogP contribution in [0.15, 0.2) is 29.6 Å². The van der Waals surface area contributed by atoms with Gasteiger partial charge < -0.3 is 5.11 Å². The standard InChI is InChI=1S/C14H11ClN2O2S/c1-8-11(6-13(18)19)17-12(7-20-14(17)16-8)9-2-4-10(15)5-3-9/h2-5,7H,6H2,1H3,(H,18,19). The second-order valence-corrected chi connectivity index (χ2v) is 5.73. The minimum Gasteiger partial charge on any atom is -0.481 e. The Morgan fingerprint density at radius 3 is 2.75 bits per heavy atom. The third-order valence-corrected chi connectivity index (χ3v) is 4.20. The van der Waals surface area contributed by atoms with Crippen molar-refractivity contribution in [1.29, 1.82) is 0 Å². The average molecular weight is 307 g/mol. The molecule has 6 heteroatoms. The summed E-state index contributed by atoms with van der Waals surface area (Å²) in [6.07, 6.45) is -0.0374. The van der Waals surface area contributed by atoms with Crippen LogP contribution < -0.4 is 0 Å². The van der Waals surface area contributed by atoms with Gasteiger partial charge in [-0.3, -0.25) is 9.20 Å². The summed E-state index contributed by atoms with van der Waals surface area (Å²) in [6.45, 7) is 1.84. The van der Waals surface area contributed by atoms with E-state index in [1.165, 1.54) is 11.3 Å². The van der Waals surface area contributed by atoms with Crippen LogP contribution in [0.25, 0.3) is 16.2 Å². The topological polar surface area (TPSA) is 54.6 Å². The molecule has 2 heterocycles. The van der Waals surface area contributed by atoms with Gasteiger partial charge >= 0.3 is 5.97 Å². The lowest BCUT2D eigenvalue weighted by atomic mass is 10.1. The first kappa shape index (κ1) is 13.1. The molecule has 0 aliphatic heterocycles. The number of aryl methyl sites for hydroxylation is 1. The number of fused-ring (bicyclic) bond motifs is 1. The van der Waals surface area contributed by atoms with E-state index in [1.54, 1.807) is 0 Å². The molecular weight excluding hydrogens is 296 g/mol. The highest BCUT2D eigenvalue weighted by Crippen LogP contribution is 2.29. The first-order valence-corrected chi connectivity index (χ1v) is 7.25. The number of carboxylic acids is 1. The van der Waals surface area contributed by atoms with Crippen LogP contribution in [-0.4, -0.2) is 20.5 Å². The van der Waals surface area contributed by atoms with Crippen molar-refractivity contribution in [3.8, 4) is 11.3 Å². The Labute approximate surface area is 124 Å². The Hall–Kier alpha value is -1.85. The van der Waals surface area contributed by atoms with Crippen LogP contribution >= 0.6 is 22.9 Å². The molecule has 0 saturated carbocycles. The highest BCUT2D eigenvalue weighted by atomic mass is 35.5. The molecular formula is C14H11ClN2O2S. The normalized spacial score (nSPS) is 11.1. The lowest BCUT2D eigenvalue weighted by Gasteiger charge is -2.04. The van der Waals surface area contributed by atoms with Crippen LogP contribution in [-0.2, 0) is 11.2 Å². The first-order valence-electron chi connectivity index (χ1n) is 5.99. The van der Waals surface area contributed by atoms with Gasteiger partial charge in [-0.05, 0) is 24.6 Å². The number of hydrogen-bond donors (Lipinski definition) is 1. The number of benzene rings is 1. The molecule has 0 radical (unpaired) electrons. The number of hydrogen-bond acceptors (Lipinski definition) is 3. The van der Waals surface area contributed by atoms with Gasteiger partial charge in [0.1, 0.15) is 0 Å². The fourth-order valence-electron chi connectivity index (χ4n) is 2.19. The minimum atomic E-state index is -0.858. The van der Waals surface area contributed by atoms with Gasteiger partial charge in [0.05, 0.1) is 23.5 Å². The average Bonchev–Trinajstić information content (AvgIpc) is 2.91. The maximum absolute atomic E-state index is 11.0. The van der Waals surface area contributed by atoms with Gasteiger partial charge in [-0.15, -0.1) is 11.3 Å². The minimum absolute atomic E-state index is 0.0374. The number of aromatic nitrogens is 2. The number of rotatable bonds is 3.